The Kier molecular flexibility index (Phi) is 14.7. The van der Waals surface area contributed by atoms with E-state index in [0.717, 1.165) is 40.6 Å². The van der Waals surface area contributed by atoms with E-state index in [4.69, 9.17) is 9.47 Å². The average Bonchev–Trinajstić information content (AvgIpc) is 3.19. The van der Waals surface area contributed by atoms with Gasteiger partial charge in [-0.3, -0.25) is 4.55 Å². The molecule has 6 rings (SSSR count). The van der Waals surface area contributed by atoms with Gasteiger partial charge in [0.1, 0.15) is 28.1 Å². The molecule has 0 fully saturated rings. The molecule has 0 aliphatic heterocycles. The number of benzene rings is 6. The van der Waals surface area contributed by atoms with Crippen LogP contribution in [-0.4, -0.2) is 50.6 Å². The van der Waals surface area contributed by atoms with Gasteiger partial charge in [-0.25, -0.2) is 16.8 Å². The Morgan fingerprint density at radius 3 is 1.19 bits per heavy atom. The second-order valence-electron chi connectivity index (χ2n) is 12.5. The highest BCUT2D eigenvalue weighted by Crippen LogP contribution is 2.46. The molecule has 6 aromatic carbocycles. The van der Waals surface area contributed by atoms with Crippen LogP contribution in [-0.2, 0) is 29.8 Å². The zero-order valence-electron chi connectivity index (χ0n) is 32.4. The lowest BCUT2D eigenvalue weighted by Crippen LogP contribution is -2.08. The van der Waals surface area contributed by atoms with Crippen LogP contribution in [0.2, 0.25) is 0 Å². The van der Waals surface area contributed by atoms with E-state index >= 15 is 0 Å². The SMILES string of the molecule is CC.COc1ccc(-c2ccc(Oc3ccc(S(=O)(=O)c4ccc(C)cc4)cc3)cc2)cc1.Cc1ccc(S(=O)(=O)c2ccc(C)c(S(=O)(=O)O)c2)cc1S(O)(O)O. The summed E-state index contributed by atoms with van der Waals surface area (Å²) in [5, 5.41) is 0. The van der Waals surface area contributed by atoms with Gasteiger partial charge in [0.25, 0.3) is 10.1 Å². The van der Waals surface area contributed by atoms with E-state index in [1.807, 2.05) is 69.3 Å². The highest BCUT2D eigenvalue weighted by Gasteiger charge is 2.26. The standard InChI is InChI=1S/C26H22O4S.C14H16O8S3.C2H6/c1-19-3-15-25(16-4-19)31(27,28)26-17-13-24(14-18-26)30-23-11-7-21(8-12-23)20-5-9-22(29-2)10-6-20;1-9-3-5-11(7-13(9)24(17,18)19)23(15,16)12-6-4-10(2)14(8-12)25(20,21)22;1-2/h3-18H,1-2H3;3-8,17-19H,1-2H3,(H,20,21,22);1-2H3. The molecule has 0 aliphatic carbocycles. The summed E-state index contributed by atoms with van der Waals surface area (Å²) in [6.07, 6.45) is 0. The molecule has 16 heteroatoms. The number of methoxy groups -OCH3 is 1. The third kappa shape index (κ3) is 11.1. The second kappa shape index (κ2) is 18.7. The fourth-order valence-corrected chi connectivity index (χ4v) is 9.64. The van der Waals surface area contributed by atoms with Crippen LogP contribution >= 0.6 is 10.9 Å². The first kappa shape index (κ1) is 45.7. The van der Waals surface area contributed by atoms with Crippen molar-refractivity contribution in [3.63, 3.8) is 0 Å². The summed E-state index contributed by atoms with van der Waals surface area (Å²) < 4.78 is 122. The molecule has 6 aromatic rings. The van der Waals surface area contributed by atoms with Crippen molar-refractivity contribution in [1.82, 2.24) is 0 Å². The number of sulfone groups is 2. The van der Waals surface area contributed by atoms with Crippen LogP contribution in [0.15, 0.2) is 163 Å². The molecule has 0 atom stereocenters. The lowest BCUT2D eigenvalue weighted by molar-refractivity contribution is 0.375. The molecule has 12 nitrogen and oxygen atoms in total. The lowest BCUT2D eigenvalue weighted by atomic mass is 10.1. The van der Waals surface area contributed by atoms with Crippen LogP contribution in [0.5, 0.6) is 17.2 Å². The van der Waals surface area contributed by atoms with Gasteiger partial charge in [-0.15, -0.1) is 0 Å². The van der Waals surface area contributed by atoms with Gasteiger partial charge in [0.15, 0.2) is 0 Å². The van der Waals surface area contributed by atoms with Crippen molar-refractivity contribution in [2.45, 2.75) is 64.0 Å². The maximum Gasteiger partial charge on any atom is 0.294 e. The van der Waals surface area contributed by atoms with Crippen LogP contribution < -0.4 is 9.47 Å². The topological polar surface area (TPSA) is 202 Å². The summed E-state index contributed by atoms with van der Waals surface area (Å²) in [5.41, 5.74) is 3.59. The van der Waals surface area contributed by atoms with Gasteiger partial charge in [-0.05, 0) is 128 Å². The molecule has 0 radical (unpaired) electrons. The van der Waals surface area contributed by atoms with E-state index in [1.165, 1.54) is 32.0 Å². The Morgan fingerprint density at radius 2 is 0.776 bits per heavy atom. The lowest BCUT2D eigenvalue weighted by Gasteiger charge is -2.22. The highest BCUT2D eigenvalue weighted by molar-refractivity contribution is 8.19. The van der Waals surface area contributed by atoms with Gasteiger partial charge in [0.05, 0.1) is 36.5 Å². The number of aryl methyl sites for hydroxylation is 3. The van der Waals surface area contributed by atoms with Crippen molar-refractivity contribution in [1.29, 1.82) is 0 Å². The third-order valence-electron chi connectivity index (χ3n) is 8.49. The Balaban J connectivity index is 0.000000252. The van der Waals surface area contributed by atoms with Crippen molar-refractivity contribution in [2.75, 3.05) is 7.11 Å². The van der Waals surface area contributed by atoms with E-state index in [-0.39, 0.29) is 30.7 Å². The molecule has 0 heterocycles. The molecule has 0 aromatic heterocycles. The van der Waals surface area contributed by atoms with Crippen LogP contribution in [0.25, 0.3) is 11.1 Å². The predicted octanol–water partition coefficient (Wildman–Crippen LogP) is 10.3. The molecule has 0 spiro atoms. The van der Waals surface area contributed by atoms with Gasteiger partial charge in [0.2, 0.25) is 19.7 Å². The minimum atomic E-state index is -4.62. The number of hydrogen-bond acceptors (Lipinski definition) is 11. The monoisotopic (exact) mass is 868 g/mol. The summed E-state index contributed by atoms with van der Waals surface area (Å²) >= 11 is 0. The number of ether oxygens (including phenoxy) is 2. The summed E-state index contributed by atoms with van der Waals surface area (Å²) in [5.74, 6) is 2.06. The Labute approximate surface area is 341 Å². The number of rotatable bonds is 10. The van der Waals surface area contributed by atoms with Crippen molar-refractivity contribution >= 4 is 40.7 Å². The Hall–Kier alpha value is -5.04. The molecule has 0 bridgehead atoms. The molecule has 58 heavy (non-hydrogen) atoms. The summed E-state index contributed by atoms with van der Waals surface area (Å²) in [7, 11) is -14.9. The van der Waals surface area contributed by atoms with Gasteiger partial charge in [-0.2, -0.15) is 8.42 Å². The zero-order valence-corrected chi connectivity index (χ0v) is 35.7. The minimum absolute atomic E-state index is 0.163. The normalized spacial score (nSPS) is 12.0. The molecule has 308 valence electrons. The van der Waals surface area contributed by atoms with Gasteiger partial charge < -0.3 is 23.1 Å². The van der Waals surface area contributed by atoms with E-state index in [9.17, 15) is 43.5 Å². The van der Waals surface area contributed by atoms with Gasteiger partial charge in [0, 0.05) is 0 Å². The first-order valence-electron chi connectivity index (χ1n) is 17.5. The smallest absolute Gasteiger partial charge is 0.294 e. The van der Waals surface area contributed by atoms with Crippen molar-refractivity contribution < 1.29 is 52.9 Å². The molecule has 0 aliphatic rings. The maximum atomic E-state index is 12.8. The molecule has 0 saturated heterocycles. The fraction of sp³-hybridized carbons (Fsp3) is 0.143. The van der Waals surface area contributed by atoms with Crippen molar-refractivity contribution in [2.24, 2.45) is 0 Å². The average molecular weight is 869 g/mol. The minimum Gasteiger partial charge on any atom is -0.497 e. The predicted molar refractivity (Wildman–Crippen MR) is 224 cm³/mol. The molecular formula is C42H44O12S4. The Bertz CT molecular complexity index is 2670. The largest absolute Gasteiger partial charge is 0.497 e. The first-order chi connectivity index (χ1) is 27.2. The van der Waals surface area contributed by atoms with E-state index in [1.54, 1.807) is 55.6 Å². The first-order valence-corrected chi connectivity index (χ1v) is 23.4. The van der Waals surface area contributed by atoms with Crippen molar-refractivity contribution in [3.05, 3.63) is 150 Å². The maximum absolute atomic E-state index is 12.8. The molecule has 0 saturated carbocycles. The summed E-state index contributed by atoms with van der Waals surface area (Å²) in [6, 6.07) is 35.5. The van der Waals surface area contributed by atoms with Crippen LogP contribution in [0.3, 0.4) is 0 Å². The fourth-order valence-electron chi connectivity index (χ4n) is 5.38. The molecule has 4 N–H and O–H groups in total. The number of hydrogen-bond donors (Lipinski definition) is 4. The Morgan fingerprint density at radius 1 is 0.431 bits per heavy atom. The third-order valence-corrected chi connectivity index (χ3v) is 14.1. The van der Waals surface area contributed by atoms with E-state index in [0.29, 0.717) is 11.5 Å². The van der Waals surface area contributed by atoms with Crippen LogP contribution in [0, 0.1) is 20.8 Å². The summed E-state index contributed by atoms with van der Waals surface area (Å²) in [6.45, 7) is 8.77. The van der Waals surface area contributed by atoms with Crippen LogP contribution in [0.1, 0.15) is 30.5 Å². The zero-order chi connectivity index (χ0) is 43.1. The van der Waals surface area contributed by atoms with Gasteiger partial charge in [-0.1, -0.05) is 67.9 Å². The van der Waals surface area contributed by atoms with Crippen LogP contribution in [0.4, 0.5) is 0 Å². The van der Waals surface area contributed by atoms with E-state index < -0.39 is 50.5 Å². The highest BCUT2D eigenvalue weighted by atomic mass is 32.3. The molecule has 0 unspecified atom stereocenters. The van der Waals surface area contributed by atoms with E-state index in [2.05, 4.69) is 0 Å². The second-order valence-corrected chi connectivity index (χ2v) is 19.3. The van der Waals surface area contributed by atoms with Gasteiger partial charge >= 0.3 is 0 Å². The molecular weight excluding hydrogens is 825 g/mol. The van der Waals surface area contributed by atoms with Crippen molar-refractivity contribution in [3.8, 4) is 28.4 Å². The molecule has 0 amide bonds. The quantitative estimate of drug-likeness (QED) is 0.0951. The summed E-state index contributed by atoms with van der Waals surface area (Å²) in [4.78, 5) is -1.16.